The molecule has 6 heteroatoms. The van der Waals surface area contributed by atoms with Crippen molar-refractivity contribution in [3.05, 3.63) is 77.3 Å². The van der Waals surface area contributed by atoms with Gasteiger partial charge in [-0.3, -0.25) is 4.79 Å². The topological polar surface area (TPSA) is 59.8 Å². The maximum absolute atomic E-state index is 12.2. The number of hydrogen-bond acceptors (Lipinski definition) is 3. The van der Waals surface area contributed by atoms with E-state index in [-0.39, 0.29) is 5.91 Å². The summed E-state index contributed by atoms with van der Waals surface area (Å²) in [6.07, 6.45) is 5.27. The van der Waals surface area contributed by atoms with Crippen LogP contribution in [-0.2, 0) is 17.8 Å². The molecule has 0 aliphatic rings. The third kappa shape index (κ3) is 5.16. The molecular formula is C19H19ClN4O. The molecule has 1 heterocycles. The fraction of sp³-hybridized carbons (Fsp3) is 0.211. The van der Waals surface area contributed by atoms with Crippen molar-refractivity contribution in [2.75, 3.05) is 5.32 Å². The van der Waals surface area contributed by atoms with Gasteiger partial charge in [0.1, 0.15) is 12.7 Å². The second kappa shape index (κ2) is 8.44. The number of nitrogens with zero attached hydrogens (tertiary/aromatic N) is 3. The molecule has 0 unspecified atom stereocenters. The Morgan fingerprint density at radius 3 is 2.68 bits per heavy atom. The Kier molecular flexibility index (Phi) is 5.80. The van der Waals surface area contributed by atoms with Crippen molar-refractivity contribution in [1.29, 1.82) is 0 Å². The predicted octanol–water partition coefficient (Wildman–Crippen LogP) is 3.94. The van der Waals surface area contributed by atoms with Crippen molar-refractivity contribution >= 4 is 23.2 Å². The molecule has 3 rings (SSSR count). The van der Waals surface area contributed by atoms with Crippen molar-refractivity contribution in [3.63, 3.8) is 0 Å². The highest BCUT2D eigenvalue weighted by molar-refractivity contribution is 6.30. The van der Waals surface area contributed by atoms with E-state index in [9.17, 15) is 4.79 Å². The molecule has 0 radical (unpaired) electrons. The molecular weight excluding hydrogens is 336 g/mol. The number of carbonyl (C=O) groups excluding carboxylic acids is 1. The first-order chi connectivity index (χ1) is 12.2. The van der Waals surface area contributed by atoms with Gasteiger partial charge >= 0.3 is 0 Å². The van der Waals surface area contributed by atoms with Gasteiger partial charge in [-0.1, -0.05) is 41.9 Å². The Morgan fingerprint density at radius 1 is 1.12 bits per heavy atom. The molecule has 0 atom stereocenters. The third-order valence-electron chi connectivity index (χ3n) is 3.87. The number of carbonyl (C=O) groups is 1. The molecule has 128 valence electrons. The van der Waals surface area contributed by atoms with Crippen molar-refractivity contribution in [3.8, 4) is 0 Å². The van der Waals surface area contributed by atoms with E-state index >= 15 is 0 Å². The van der Waals surface area contributed by atoms with Crippen molar-refractivity contribution in [2.45, 2.75) is 25.8 Å². The summed E-state index contributed by atoms with van der Waals surface area (Å²) in [5.74, 6) is 0.0139. The van der Waals surface area contributed by atoms with Gasteiger partial charge in [-0.25, -0.2) is 9.67 Å². The Bertz CT molecular complexity index is 816. The molecule has 0 saturated heterocycles. The van der Waals surface area contributed by atoms with Crippen molar-refractivity contribution < 1.29 is 4.79 Å². The van der Waals surface area contributed by atoms with E-state index in [2.05, 4.69) is 15.4 Å². The summed E-state index contributed by atoms with van der Waals surface area (Å²) in [5, 5.41) is 7.83. The highest BCUT2D eigenvalue weighted by Crippen LogP contribution is 2.17. The average Bonchev–Trinajstić information content (AvgIpc) is 3.11. The zero-order chi connectivity index (χ0) is 17.5. The molecule has 0 bridgehead atoms. The smallest absolute Gasteiger partial charge is 0.224 e. The fourth-order valence-corrected chi connectivity index (χ4v) is 2.71. The maximum atomic E-state index is 12.2. The van der Waals surface area contributed by atoms with Crippen LogP contribution in [0, 0.1) is 0 Å². The van der Waals surface area contributed by atoms with Crippen LogP contribution in [0.3, 0.4) is 0 Å². The summed E-state index contributed by atoms with van der Waals surface area (Å²) in [5.41, 5.74) is 3.00. The number of nitrogens with one attached hydrogen (secondary N) is 1. The van der Waals surface area contributed by atoms with E-state index in [4.69, 9.17) is 11.6 Å². The van der Waals surface area contributed by atoms with Crippen LogP contribution in [0.15, 0.2) is 61.2 Å². The molecule has 0 saturated carbocycles. The number of amides is 1. The zero-order valence-corrected chi connectivity index (χ0v) is 14.5. The molecule has 2 aromatic carbocycles. The van der Waals surface area contributed by atoms with Crippen LogP contribution < -0.4 is 5.32 Å². The molecule has 0 aliphatic carbocycles. The second-order valence-corrected chi connectivity index (χ2v) is 6.21. The number of hydrogen-bond donors (Lipinski definition) is 1. The number of aromatic nitrogens is 3. The van der Waals surface area contributed by atoms with E-state index in [1.807, 2.05) is 48.5 Å². The molecule has 25 heavy (non-hydrogen) atoms. The lowest BCUT2D eigenvalue weighted by atomic mass is 10.1. The second-order valence-electron chi connectivity index (χ2n) is 5.78. The number of rotatable bonds is 7. The van der Waals surface area contributed by atoms with Crippen LogP contribution in [0.1, 0.15) is 24.0 Å². The molecule has 1 aromatic heterocycles. The van der Waals surface area contributed by atoms with Gasteiger partial charge in [0.15, 0.2) is 0 Å². The molecule has 1 N–H and O–H groups in total. The third-order valence-corrected chi connectivity index (χ3v) is 4.12. The van der Waals surface area contributed by atoms with Gasteiger partial charge in [0.05, 0.1) is 6.54 Å². The number of anilines is 1. The minimum Gasteiger partial charge on any atom is -0.326 e. The quantitative estimate of drug-likeness (QED) is 0.699. The summed E-state index contributed by atoms with van der Waals surface area (Å²) in [7, 11) is 0. The van der Waals surface area contributed by atoms with E-state index in [0.29, 0.717) is 13.0 Å². The van der Waals surface area contributed by atoms with E-state index in [1.54, 1.807) is 11.0 Å². The van der Waals surface area contributed by atoms with Gasteiger partial charge in [0, 0.05) is 17.1 Å². The summed E-state index contributed by atoms with van der Waals surface area (Å²) in [6, 6.07) is 15.5. The molecule has 1 amide bonds. The maximum Gasteiger partial charge on any atom is 0.224 e. The lowest BCUT2D eigenvalue weighted by molar-refractivity contribution is -0.116. The van der Waals surface area contributed by atoms with Crippen LogP contribution in [0.5, 0.6) is 0 Å². The number of benzene rings is 2. The summed E-state index contributed by atoms with van der Waals surface area (Å²) >= 11 is 5.88. The number of aryl methyl sites for hydroxylation is 1. The molecule has 3 aromatic rings. The lowest BCUT2D eigenvalue weighted by Crippen LogP contribution is -2.14. The molecule has 5 nitrogen and oxygen atoms in total. The first-order valence-electron chi connectivity index (χ1n) is 8.15. The summed E-state index contributed by atoms with van der Waals surface area (Å²) in [6.45, 7) is 0.571. The highest BCUT2D eigenvalue weighted by atomic mass is 35.5. The molecule has 0 fully saturated rings. The van der Waals surface area contributed by atoms with Gasteiger partial charge in [0.25, 0.3) is 0 Å². The van der Waals surface area contributed by atoms with Gasteiger partial charge < -0.3 is 5.32 Å². The monoisotopic (exact) mass is 354 g/mol. The minimum absolute atomic E-state index is 0.0139. The lowest BCUT2D eigenvalue weighted by Gasteiger charge is -2.11. The zero-order valence-electron chi connectivity index (χ0n) is 13.7. The normalized spacial score (nSPS) is 10.6. The minimum atomic E-state index is 0.0139. The van der Waals surface area contributed by atoms with Crippen LogP contribution in [0.25, 0.3) is 0 Å². The average molecular weight is 355 g/mol. The van der Waals surface area contributed by atoms with E-state index in [1.165, 1.54) is 11.9 Å². The molecule has 0 spiro atoms. The standard InChI is InChI=1S/C19H19ClN4O/c20-17-10-8-15(9-11-17)4-3-7-19(25)23-18-6-2-1-5-16(18)12-24-14-21-13-22-24/h1-2,5-6,8-11,13-14H,3-4,7,12H2,(H,23,25). The van der Waals surface area contributed by atoms with Gasteiger partial charge in [0.2, 0.25) is 5.91 Å². The Labute approximate surface area is 151 Å². The SMILES string of the molecule is O=C(CCCc1ccc(Cl)cc1)Nc1ccccc1Cn1cncn1. The van der Waals surface area contributed by atoms with Gasteiger partial charge in [-0.05, 0) is 42.2 Å². The van der Waals surface area contributed by atoms with Gasteiger partial charge in [-0.2, -0.15) is 5.10 Å². The highest BCUT2D eigenvalue weighted by Gasteiger charge is 2.07. The first-order valence-corrected chi connectivity index (χ1v) is 8.53. The summed E-state index contributed by atoms with van der Waals surface area (Å²) in [4.78, 5) is 16.2. The first kappa shape index (κ1) is 17.2. The van der Waals surface area contributed by atoms with Crippen molar-refractivity contribution in [2.24, 2.45) is 0 Å². The van der Waals surface area contributed by atoms with E-state index in [0.717, 1.165) is 29.1 Å². The van der Waals surface area contributed by atoms with Crippen LogP contribution >= 0.6 is 11.6 Å². The van der Waals surface area contributed by atoms with Crippen LogP contribution in [-0.4, -0.2) is 20.7 Å². The summed E-state index contributed by atoms with van der Waals surface area (Å²) < 4.78 is 1.73. The Hall–Kier alpha value is -2.66. The number of halogens is 1. The largest absolute Gasteiger partial charge is 0.326 e. The van der Waals surface area contributed by atoms with Crippen LogP contribution in [0.4, 0.5) is 5.69 Å². The van der Waals surface area contributed by atoms with Crippen molar-refractivity contribution in [1.82, 2.24) is 14.8 Å². The molecule has 0 aliphatic heterocycles. The Morgan fingerprint density at radius 2 is 1.92 bits per heavy atom. The van der Waals surface area contributed by atoms with Gasteiger partial charge in [-0.15, -0.1) is 0 Å². The van der Waals surface area contributed by atoms with E-state index < -0.39 is 0 Å². The predicted molar refractivity (Wildman–Crippen MR) is 98.6 cm³/mol. The Balaban J connectivity index is 1.53. The van der Waals surface area contributed by atoms with Crippen LogP contribution in [0.2, 0.25) is 5.02 Å². The number of para-hydroxylation sites is 1. The fourth-order valence-electron chi connectivity index (χ4n) is 2.59.